The van der Waals surface area contributed by atoms with Gasteiger partial charge in [0.25, 0.3) is 0 Å². The van der Waals surface area contributed by atoms with Crippen LogP contribution in [0.2, 0.25) is 0 Å². The molecule has 0 amide bonds. The predicted molar refractivity (Wildman–Crippen MR) is 210 cm³/mol. The largest absolute Gasteiger partial charge is 0.487 e. The van der Waals surface area contributed by atoms with Crippen LogP contribution in [0.5, 0.6) is 51.7 Å². The van der Waals surface area contributed by atoms with Crippen molar-refractivity contribution in [2.75, 3.05) is 39.6 Å². The molecule has 9 heteroatoms. The molecule has 3 heterocycles. The molecule has 6 aromatic carbocycles. The number of rotatable bonds is 18. The van der Waals surface area contributed by atoms with Crippen molar-refractivity contribution in [2.24, 2.45) is 0 Å². The third-order valence-corrected chi connectivity index (χ3v) is 9.91. The maximum absolute atomic E-state index is 6.77. The Morgan fingerprint density at radius 3 is 0.964 bits per heavy atom. The van der Waals surface area contributed by atoms with Crippen LogP contribution in [0.15, 0.2) is 146 Å². The zero-order valence-electron chi connectivity index (χ0n) is 31.0. The molecule has 284 valence electrons. The molecular weight excluding hydrogens is 709 g/mol. The molecule has 9 nitrogen and oxygen atoms in total. The van der Waals surface area contributed by atoms with Crippen molar-refractivity contribution in [3.8, 4) is 51.7 Å². The van der Waals surface area contributed by atoms with Gasteiger partial charge in [-0.15, -0.1) is 0 Å². The van der Waals surface area contributed by atoms with Gasteiger partial charge in [-0.05, 0) is 61.5 Å². The Morgan fingerprint density at radius 2 is 0.696 bits per heavy atom. The lowest BCUT2D eigenvalue weighted by atomic mass is 9.69. The Morgan fingerprint density at radius 1 is 0.411 bits per heavy atom. The Balaban J connectivity index is 1.28. The summed E-state index contributed by atoms with van der Waals surface area (Å²) < 4.78 is 57.0. The summed E-state index contributed by atoms with van der Waals surface area (Å²) in [6, 6.07) is 47.0. The lowest BCUT2D eigenvalue weighted by Gasteiger charge is -2.36. The van der Waals surface area contributed by atoms with Crippen molar-refractivity contribution in [3.05, 3.63) is 162 Å². The highest BCUT2D eigenvalue weighted by Crippen LogP contribution is 2.55. The first-order valence-corrected chi connectivity index (χ1v) is 18.9. The van der Waals surface area contributed by atoms with E-state index in [4.69, 9.17) is 42.6 Å². The van der Waals surface area contributed by atoms with E-state index in [1.807, 2.05) is 127 Å². The van der Waals surface area contributed by atoms with Crippen LogP contribution in [-0.4, -0.2) is 58.0 Å². The molecule has 6 aromatic rings. The monoisotopic (exact) mass is 750 g/mol. The minimum atomic E-state index is -1.05. The molecule has 3 aliphatic rings. The van der Waals surface area contributed by atoms with Crippen LogP contribution in [0.25, 0.3) is 0 Å². The van der Waals surface area contributed by atoms with Gasteiger partial charge in [-0.3, -0.25) is 0 Å². The van der Waals surface area contributed by atoms with Gasteiger partial charge in [0.2, 0.25) is 0 Å². The summed E-state index contributed by atoms with van der Waals surface area (Å²) in [5.74, 6) is 5.38. The molecule has 9 rings (SSSR count). The van der Waals surface area contributed by atoms with E-state index in [2.05, 4.69) is 25.1 Å². The van der Waals surface area contributed by atoms with Crippen LogP contribution in [-0.2, 0) is 19.6 Å². The molecule has 0 saturated carbocycles. The summed E-state index contributed by atoms with van der Waals surface area (Å²) in [4.78, 5) is 0. The Bertz CT molecular complexity index is 1980. The number of ether oxygens (including phenoxy) is 9. The van der Waals surface area contributed by atoms with Gasteiger partial charge in [0, 0.05) is 16.7 Å². The Labute approximate surface area is 326 Å². The summed E-state index contributed by atoms with van der Waals surface area (Å²) in [7, 11) is 0. The van der Waals surface area contributed by atoms with Gasteiger partial charge >= 0.3 is 0 Å². The molecule has 0 radical (unpaired) electrons. The third-order valence-electron chi connectivity index (χ3n) is 9.91. The second kappa shape index (κ2) is 16.0. The SMILES string of the molecule is CC(c1cccc(Oc2ccccc2)c1OCC1CO1)(c1cccc(Oc2ccccc2)c1OCC1CO1)c1cccc(Oc2ccccc2)c1OCC1CO1. The molecule has 0 bridgehead atoms. The van der Waals surface area contributed by atoms with Crippen molar-refractivity contribution < 1.29 is 42.6 Å². The van der Waals surface area contributed by atoms with Gasteiger partial charge < -0.3 is 42.6 Å². The van der Waals surface area contributed by atoms with Crippen molar-refractivity contribution in [3.63, 3.8) is 0 Å². The van der Waals surface area contributed by atoms with Crippen molar-refractivity contribution in [1.82, 2.24) is 0 Å². The number of hydrogen-bond donors (Lipinski definition) is 0. The topological polar surface area (TPSA) is 93.0 Å². The second-order valence-electron chi connectivity index (χ2n) is 14.1. The summed E-state index contributed by atoms with van der Waals surface area (Å²) in [5.41, 5.74) is 1.36. The van der Waals surface area contributed by atoms with E-state index < -0.39 is 5.41 Å². The van der Waals surface area contributed by atoms with Gasteiger partial charge in [-0.2, -0.15) is 0 Å². The van der Waals surface area contributed by atoms with E-state index in [-0.39, 0.29) is 18.3 Å². The normalized spacial score (nSPS) is 18.9. The van der Waals surface area contributed by atoms with Crippen molar-refractivity contribution in [1.29, 1.82) is 0 Å². The third kappa shape index (κ3) is 8.16. The average Bonchev–Trinajstić information content (AvgIpc) is 4.08. The van der Waals surface area contributed by atoms with Crippen LogP contribution in [0.1, 0.15) is 23.6 Å². The fourth-order valence-electron chi connectivity index (χ4n) is 6.72. The molecule has 3 atom stereocenters. The summed E-state index contributed by atoms with van der Waals surface area (Å²) in [6.07, 6.45) is -0.0446. The van der Waals surface area contributed by atoms with E-state index >= 15 is 0 Å². The summed E-state index contributed by atoms with van der Waals surface area (Å²) in [6.45, 7) is 5.09. The fraction of sp³-hybridized carbons (Fsp3) is 0.234. The first-order valence-electron chi connectivity index (χ1n) is 18.9. The molecule has 0 aromatic heterocycles. The first-order chi connectivity index (χ1) is 27.6. The van der Waals surface area contributed by atoms with E-state index in [9.17, 15) is 0 Å². The average molecular weight is 751 g/mol. The van der Waals surface area contributed by atoms with Gasteiger partial charge in [-0.1, -0.05) is 91.0 Å². The van der Waals surface area contributed by atoms with E-state index in [1.165, 1.54) is 0 Å². The Hall–Kier alpha value is -6.00. The summed E-state index contributed by atoms with van der Waals surface area (Å²) >= 11 is 0. The van der Waals surface area contributed by atoms with Gasteiger partial charge in [0.15, 0.2) is 34.5 Å². The minimum Gasteiger partial charge on any atom is -0.487 e. The smallest absolute Gasteiger partial charge is 0.169 e. The molecule has 3 saturated heterocycles. The molecular formula is C47H42O9. The maximum atomic E-state index is 6.77. The standard InChI is InChI=1S/C47H42O9/c1-47(38-20-11-23-41(44(38)51-29-35-26-48-35)54-32-14-5-2-6-15-32,39-21-12-24-42(45(39)52-30-36-27-49-36)55-33-16-7-3-8-17-33)40-22-13-25-43(46(40)53-31-37-28-50-37)56-34-18-9-4-10-19-34/h2-25,35-37H,26-31H2,1H3. The number of epoxide rings is 3. The van der Waals surface area contributed by atoms with Crippen LogP contribution < -0.4 is 28.4 Å². The number of hydrogen-bond acceptors (Lipinski definition) is 9. The van der Waals surface area contributed by atoms with E-state index in [0.29, 0.717) is 91.4 Å². The highest BCUT2D eigenvalue weighted by atomic mass is 16.6. The lowest BCUT2D eigenvalue weighted by molar-refractivity contribution is 0.242. The predicted octanol–water partition coefficient (Wildman–Crippen LogP) is 9.75. The van der Waals surface area contributed by atoms with Crippen molar-refractivity contribution in [2.45, 2.75) is 30.7 Å². The highest BCUT2D eigenvalue weighted by Gasteiger charge is 2.43. The zero-order valence-corrected chi connectivity index (χ0v) is 31.0. The second-order valence-corrected chi connectivity index (χ2v) is 14.1. The first kappa shape index (κ1) is 35.7. The fourth-order valence-corrected chi connectivity index (χ4v) is 6.72. The van der Waals surface area contributed by atoms with E-state index in [0.717, 1.165) is 16.7 Å². The van der Waals surface area contributed by atoms with Crippen LogP contribution in [0, 0.1) is 0 Å². The van der Waals surface area contributed by atoms with Crippen molar-refractivity contribution >= 4 is 0 Å². The zero-order chi connectivity index (χ0) is 37.7. The number of para-hydroxylation sites is 6. The van der Waals surface area contributed by atoms with Gasteiger partial charge in [0.1, 0.15) is 55.4 Å². The van der Waals surface area contributed by atoms with Gasteiger partial charge in [-0.25, -0.2) is 0 Å². The molecule has 0 aliphatic carbocycles. The van der Waals surface area contributed by atoms with Crippen LogP contribution in [0.4, 0.5) is 0 Å². The number of benzene rings is 6. The quantitative estimate of drug-likeness (QED) is 0.0629. The molecule has 0 spiro atoms. The Kier molecular flexibility index (Phi) is 10.2. The van der Waals surface area contributed by atoms with Crippen LogP contribution >= 0.6 is 0 Å². The van der Waals surface area contributed by atoms with E-state index in [1.54, 1.807) is 0 Å². The van der Waals surface area contributed by atoms with Crippen LogP contribution in [0.3, 0.4) is 0 Å². The lowest BCUT2D eigenvalue weighted by Crippen LogP contribution is -2.29. The minimum absolute atomic E-state index is 0.0149. The molecule has 0 N–H and O–H groups in total. The maximum Gasteiger partial charge on any atom is 0.169 e. The molecule has 3 fully saturated rings. The summed E-state index contributed by atoms with van der Waals surface area (Å²) in [5, 5.41) is 0. The van der Waals surface area contributed by atoms with Gasteiger partial charge in [0.05, 0.1) is 25.2 Å². The molecule has 3 aliphatic heterocycles. The molecule has 3 unspecified atom stereocenters. The molecule has 56 heavy (non-hydrogen) atoms. The highest BCUT2D eigenvalue weighted by molar-refractivity contribution is 5.68.